The number of hydrogen-bond acceptors (Lipinski definition) is 6. The van der Waals surface area contributed by atoms with E-state index in [1.807, 2.05) is 0 Å². The molecule has 4 rings (SSSR count). The molecule has 4 aromatic rings. The number of ketones is 1. The lowest BCUT2D eigenvalue weighted by Gasteiger charge is -2.19. The van der Waals surface area contributed by atoms with E-state index in [2.05, 4.69) is 20.0 Å². The number of Topliss-reactive ketones (excluding diaryl/α,β-unsaturated/α-hetero) is 1. The fourth-order valence-corrected chi connectivity index (χ4v) is 4.98. The van der Waals surface area contributed by atoms with Crippen molar-refractivity contribution in [2.75, 3.05) is 12.4 Å². The van der Waals surface area contributed by atoms with Gasteiger partial charge in [0.25, 0.3) is 11.8 Å². The Hall–Kier alpha value is -3.70. The number of aromatic nitrogens is 3. The molecule has 2 aromatic heterocycles. The standard InChI is InChI=1S/C24H20ClF2N5O3S/c1-11(33)10-32-20(12(2)16-8-13(26)5-7-17(16)25)21(29-22(32)24(35)28-3)30-23(34)19-15-6-4-14(27)9-18(15)36-31-19/h4-9,12H,10H2,1-3H3,(H,28,35)(H,30,34)/t12-/m1/s1. The summed E-state index contributed by atoms with van der Waals surface area (Å²) in [5, 5.41) is 5.83. The quantitative estimate of drug-likeness (QED) is 0.357. The first kappa shape index (κ1) is 25.4. The molecule has 0 aliphatic rings. The van der Waals surface area contributed by atoms with Crippen molar-refractivity contribution in [2.45, 2.75) is 26.3 Å². The molecule has 0 saturated heterocycles. The fraction of sp³-hybridized carbons (Fsp3) is 0.208. The van der Waals surface area contributed by atoms with Crippen molar-refractivity contribution in [2.24, 2.45) is 0 Å². The number of amides is 2. The van der Waals surface area contributed by atoms with E-state index >= 15 is 0 Å². The van der Waals surface area contributed by atoms with Crippen LogP contribution in [0.5, 0.6) is 0 Å². The van der Waals surface area contributed by atoms with E-state index in [-0.39, 0.29) is 40.4 Å². The molecule has 2 aromatic carbocycles. The zero-order valence-electron chi connectivity index (χ0n) is 19.4. The van der Waals surface area contributed by atoms with Gasteiger partial charge < -0.3 is 15.2 Å². The number of carbonyl (C=O) groups is 3. The summed E-state index contributed by atoms with van der Waals surface area (Å²) in [5.74, 6) is -3.33. The maximum absolute atomic E-state index is 14.1. The van der Waals surface area contributed by atoms with Crippen LogP contribution in [-0.2, 0) is 11.3 Å². The highest BCUT2D eigenvalue weighted by Gasteiger charge is 2.29. The van der Waals surface area contributed by atoms with Gasteiger partial charge in [0.05, 0.1) is 16.9 Å². The normalized spacial score (nSPS) is 11.9. The van der Waals surface area contributed by atoms with E-state index in [9.17, 15) is 23.2 Å². The molecule has 186 valence electrons. The molecule has 12 heteroatoms. The predicted octanol–water partition coefficient (Wildman–Crippen LogP) is 4.78. The number of fused-ring (bicyclic) bond motifs is 1. The molecular weight excluding hydrogens is 512 g/mol. The summed E-state index contributed by atoms with van der Waals surface area (Å²) in [7, 11) is 1.40. The Labute approximate surface area is 213 Å². The monoisotopic (exact) mass is 531 g/mol. The van der Waals surface area contributed by atoms with Crippen molar-refractivity contribution in [1.29, 1.82) is 0 Å². The summed E-state index contributed by atoms with van der Waals surface area (Å²) in [6, 6.07) is 7.79. The first-order valence-corrected chi connectivity index (χ1v) is 11.9. The van der Waals surface area contributed by atoms with Gasteiger partial charge in [0.2, 0.25) is 5.82 Å². The van der Waals surface area contributed by atoms with Gasteiger partial charge >= 0.3 is 0 Å². The maximum atomic E-state index is 14.1. The summed E-state index contributed by atoms with van der Waals surface area (Å²) in [4.78, 5) is 42.3. The third kappa shape index (κ3) is 4.84. The fourth-order valence-electron chi connectivity index (χ4n) is 3.90. The van der Waals surface area contributed by atoms with Crippen molar-refractivity contribution in [3.8, 4) is 0 Å². The van der Waals surface area contributed by atoms with E-state index in [0.29, 0.717) is 15.6 Å². The molecule has 36 heavy (non-hydrogen) atoms. The summed E-state index contributed by atoms with van der Waals surface area (Å²) >= 11 is 7.30. The number of nitrogens with one attached hydrogen (secondary N) is 2. The molecular formula is C24H20ClF2N5O3S. The van der Waals surface area contributed by atoms with Crippen LogP contribution >= 0.6 is 23.1 Å². The Bertz CT molecular complexity index is 1520. The molecule has 0 spiro atoms. The minimum Gasteiger partial charge on any atom is -0.352 e. The van der Waals surface area contributed by atoms with Gasteiger partial charge in [-0.1, -0.05) is 18.5 Å². The number of benzene rings is 2. The molecule has 0 saturated carbocycles. The molecule has 0 bridgehead atoms. The molecule has 2 N–H and O–H groups in total. The first-order chi connectivity index (χ1) is 17.1. The molecule has 1 atom stereocenters. The van der Waals surface area contributed by atoms with Crippen LogP contribution in [0, 0.1) is 11.6 Å². The molecule has 0 aliphatic carbocycles. The zero-order valence-corrected chi connectivity index (χ0v) is 20.9. The number of carbonyl (C=O) groups excluding carboxylic acids is 3. The lowest BCUT2D eigenvalue weighted by Crippen LogP contribution is -2.25. The van der Waals surface area contributed by atoms with Crippen LogP contribution in [0.25, 0.3) is 10.1 Å². The number of anilines is 1. The Morgan fingerprint density at radius 2 is 1.81 bits per heavy atom. The van der Waals surface area contributed by atoms with Crippen LogP contribution in [0.15, 0.2) is 36.4 Å². The van der Waals surface area contributed by atoms with Gasteiger partial charge in [0.15, 0.2) is 5.82 Å². The van der Waals surface area contributed by atoms with Crippen LogP contribution in [-0.4, -0.2) is 38.6 Å². The molecule has 0 unspecified atom stereocenters. The van der Waals surface area contributed by atoms with Crippen LogP contribution in [0.2, 0.25) is 5.02 Å². The van der Waals surface area contributed by atoms with Crippen LogP contribution in [0.1, 0.15) is 52.1 Å². The van der Waals surface area contributed by atoms with E-state index in [1.165, 1.54) is 54.9 Å². The number of nitrogens with zero attached hydrogens (tertiary/aromatic N) is 3. The Balaban J connectivity index is 1.86. The Morgan fingerprint density at radius 1 is 1.11 bits per heavy atom. The molecule has 0 fully saturated rings. The summed E-state index contributed by atoms with van der Waals surface area (Å²) in [6.07, 6.45) is 0. The van der Waals surface area contributed by atoms with Crippen molar-refractivity contribution in [1.82, 2.24) is 19.2 Å². The summed E-state index contributed by atoms with van der Waals surface area (Å²) < 4.78 is 33.7. The summed E-state index contributed by atoms with van der Waals surface area (Å²) in [6.45, 7) is 2.81. The smallest absolute Gasteiger partial charge is 0.287 e. The van der Waals surface area contributed by atoms with Gasteiger partial charge in [0.1, 0.15) is 23.1 Å². The van der Waals surface area contributed by atoms with Gasteiger partial charge in [0, 0.05) is 23.4 Å². The van der Waals surface area contributed by atoms with E-state index < -0.39 is 29.4 Å². The molecule has 8 nitrogen and oxygen atoms in total. The van der Waals surface area contributed by atoms with Gasteiger partial charge in [-0.05, 0) is 60.4 Å². The highest BCUT2D eigenvalue weighted by atomic mass is 35.5. The van der Waals surface area contributed by atoms with Crippen LogP contribution in [0.4, 0.5) is 14.6 Å². The minimum atomic E-state index is -0.685. The van der Waals surface area contributed by atoms with Crippen molar-refractivity contribution in [3.05, 3.63) is 75.8 Å². The van der Waals surface area contributed by atoms with Crippen molar-refractivity contribution >= 4 is 56.6 Å². The largest absolute Gasteiger partial charge is 0.352 e. The highest BCUT2D eigenvalue weighted by Crippen LogP contribution is 2.36. The van der Waals surface area contributed by atoms with E-state index in [4.69, 9.17) is 11.6 Å². The SMILES string of the molecule is CNC(=O)c1nc(NC(=O)c2nsc3cc(F)ccc23)c([C@H](C)c2cc(F)ccc2Cl)n1CC(C)=O. The molecule has 2 amide bonds. The second-order valence-electron chi connectivity index (χ2n) is 8.05. The van der Waals surface area contributed by atoms with Gasteiger partial charge in [-0.25, -0.2) is 13.8 Å². The number of halogens is 3. The number of rotatable bonds is 7. The van der Waals surface area contributed by atoms with E-state index in [1.54, 1.807) is 6.92 Å². The lowest BCUT2D eigenvalue weighted by molar-refractivity contribution is -0.117. The summed E-state index contributed by atoms with van der Waals surface area (Å²) in [5.41, 5.74) is 0.685. The highest BCUT2D eigenvalue weighted by molar-refractivity contribution is 7.13. The van der Waals surface area contributed by atoms with Crippen molar-refractivity contribution in [3.63, 3.8) is 0 Å². The second-order valence-corrected chi connectivity index (χ2v) is 9.26. The average Bonchev–Trinajstić information content (AvgIpc) is 3.40. The first-order valence-electron chi connectivity index (χ1n) is 10.7. The van der Waals surface area contributed by atoms with Crippen molar-refractivity contribution < 1.29 is 23.2 Å². The Kier molecular flexibility index (Phi) is 7.14. The number of imidazole rings is 1. The molecule has 2 heterocycles. The second kappa shape index (κ2) is 10.1. The molecule has 0 radical (unpaired) electrons. The zero-order chi connectivity index (χ0) is 26.1. The van der Waals surface area contributed by atoms with Gasteiger partial charge in [-0.15, -0.1) is 0 Å². The van der Waals surface area contributed by atoms with Gasteiger partial charge in [-0.2, -0.15) is 4.37 Å². The lowest BCUT2D eigenvalue weighted by atomic mass is 9.96. The predicted molar refractivity (Wildman–Crippen MR) is 133 cm³/mol. The van der Waals surface area contributed by atoms with E-state index in [0.717, 1.165) is 11.5 Å². The number of hydrogen-bond donors (Lipinski definition) is 2. The van der Waals surface area contributed by atoms with Crippen LogP contribution in [0.3, 0.4) is 0 Å². The third-order valence-electron chi connectivity index (χ3n) is 5.53. The minimum absolute atomic E-state index is 0.0176. The molecule has 0 aliphatic heterocycles. The van der Waals surface area contributed by atoms with Gasteiger partial charge in [-0.3, -0.25) is 14.4 Å². The third-order valence-corrected chi connectivity index (χ3v) is 6.69. The van der Waals surface area contributed by atoms with Crippen LogP contribution < -0.4 is 10.6 Å². The Morgan fingerprint density at radius 3 is 2.50 bits per heavy atom. The maximum Gasteiger partial charge on any atom is 0.287 e. The average molecular weight is 532 g/mol. The topological polar surface area (TPSA) is 106 Å².